The average Bonchev–Trinajstić information content (AvgIpc) is 2.70. The maximum atomic E-state index is 5.28. The first-order chi connectivity index (χ1) is 6.40. The molecule has 1 saturated heterocycles. The van der Waals surface area contributed by atoms with Gasteiger partial charge < -0.3 is 10.1 Å². The predicted molar refractivity (Wildman–Crippen MR) is 47.3 cm³/mol. The Morgan fingerprint density at radius 3 is 3.38 bits per heavy atom. The van der Waals surface area contributed by atoms with Crippen LogP contribution in [0.5, 0.6) is 0 Å². The van der Waals surface area contributed by atoms with E-state index in [9.17, 15) is 0 Å². The van der Waals surface area contributed by atoms with Crippen LogP contribution in [0.3, 0.4) is 0 Å². The van der Waals surface area contributed by atoms with Crippen LogP contribution >= 0.6 is 0 Å². The fraction of sp³-hybridized carbons (Fsp3) is 0.750. The molecule has 72 valence electrons. The molecule has 0 aromatic carbocycles. The number of nitrogens with zero attached hydrogens (tertiary/aromatic N) is 3. The SMILES string of the molecule is CNCc1cn(C2CCOC2)nn1. The third kappa shape index (κ3) is 1.87. The normalized spacial score (nSPS) is 22.4. The van der Waals surface area contributed by atoms with Gasteiger partial charge in [0.25, 0.3) is 0 Å². The van der Waals surface area contributed by atoms with Crippen LogP contribution in [0.1, 0.15) is 18.2 Å². The van der Waals surface area contributed by atoms with Gasteiger partial charge in [0.15, 0.2) is 0 Å². The Morgan fingerprint density at radius 2 is 2.69 bits per heavy atom. The zero-order valence-electron chi connectivity index (χ0n) is 7.73. The van der Waals surface area contributed by atoms with E-state index in [-0.39, 0.29) is 0 Å². The molecule has 0 radical (unpaired) electrons. The molecule has 5 heteroatoms. The molecule has 0 spiro atoms. The number of nitrogens with one attached hydrogen (secondary N) is 1. The Bertz CT molecular complexity index is 267. The molecule has 2 heterocycles. The topological polar surface area (TPSA) is 52.0 Å². The second-order valence-electron chi connectivity index (χ2n) is 3.24. The van der Waals surface area contributed by atoms with Crippen molar-refractivity contribution < 1.29 is 4.74 Å². The minimum absolute atomic E-state index is 0.387. The number of aromatic nitrogens is 3. The highest BCUT2D eigenvalue weighted by molar-refractivity contribution is 4.93. The van der Waals surface area contributed by atoms with Crippen molar-refractivity contribution in [3.05, 3.63) is 11.9 Å². The molecule has 13 heavy (non-hydrogen) atoms. The van der Waals surface area contributed by atoms with Gasteiger partial charge in [0.1, 0.15) is 0 Å². The summed E-state index contributed by atoms with van der Waals surface area (Å²) in [6.07, 6.45) is 3.03. The first-order valence-electron chi connectivity index (χ1n) is 4.53. The summed E-state index contributed by atoms with van der Waals surface area (Å²) in [5.41, 5.74) is 0.981. The lowest BCUT2D eigenvalue weighted by Crippen LogP contribution is -2.09. The largest absolute Gasteiger partial charge is 0.379 e. The molecule has 0 bridgehead atoms. The number of hydrogen-bond acceptors (Lipinski definition) is 4. The van der Waals surface area contributed by atoms with Gasteiger partial charge in [0, 0.05) is 13.2 Å². The Kier molecular flexibility index (Phi) is 2.56. The Hall–Kier alpha value is -0.940. The summed E-state index contributed by atoms with van der Waals surface area (Å²) in [5.74, 6) is 0. The highest BCUT2D eigenvalue weighted by atomic mass is 16.5. The van der Waals surface area contributed by atoms with E-state index in [1.54, 1.807) is 0 Å². The van der Waals surface area contributed by atoms with Gasteiger partial charge in [-0.2, -0.15) is 0 Å². The monoisotopic (exact) mass is 182 g/mol. The van der Waals surface area contributed by atoms with Gasteiger partial charge in [0.2, 0.25) is 0 Å². The molecule has 0 saturated carbocycles. The van der Waals surface area contributed by atoms with Crippen LogP contribution in [0, 0.1) is 0 Å². The number of hydrogen-bond donors (Lipinski definition) is 1. The van der Waals surface area contributed by atoms with E-state index in [1.807, 2.05) is 17.9 Å². The predicted octanol–water partition coefficient (Wildman–Crippen LogP) is -0.0411. The van der Waals surface area contributed by atoms with E-state index in [0.717, 1.165) is 31.9 Å². The quantitative estimate of drug-likeness (QED) is 0.712. The third-order valence-corrected chi connectivity index (χ3v) is 2.20. The summed E-state index contributed by atoms with van der Waals surface area (Å²) in [6, 6.07) is 0.387. The van der Waals surface area contributed by atoms with E-state index < -0.39 is 0 Å². The fourth-order valence-electron chi connectivity index (χ4n) is 1.48. The van der Waals surface area contributed by atoms with Crippen LogP contribution in [-0.4, -0.2) is 35.3 Å². The molecule has 1 fully saturated rings. The second-order valence-corrected chi connectivity index (χ2v) is 3.24. The molecule has 1 aliphatic rings. The first-order valence-corrected chi connectivity index (χ1v) is 4.53. The summed E-state index contributed by atoms with van der Waals surface area (Å²) in [4.78, 5) is 0. The van der Waals surface area contributed by atoms with Crippen molar-refractivity contribution >= 4 is 0 Å². The standard InChI is InChI=1S/C8H14N4O/c1-9-4-7-5-12(11-10-7)8-2-3-13-6-8/h5,8-9H,2-4,6H2,1H3. The van der Waals surface area contributed by atoms with Crippen molar-refractivity contribution in [2.45, 2.75) is 19.0 Å². The lowest BCUT2D eigenvalue weighted by molar-refractivity contribution is 0.184. The molecular formula is C8H14N4O. The molecule has 1 N–H and O–H groups in total. The number of rotatable bonds is 3. The van der Waals surface area contributed by atoms with Gasteiger partial charge >= 0.3 is 0 Å². The Labute approximate surface area is 77.1 Å². The van der Waals surface area contributed by atoms with Gasteiger partial charge in [-0.1, -0.05) is 5.21 Å². The van der Waals surface area contributed by atoms with Gasteiger partial charge in [-0.05, 0) is 13.5 Å². The molecular weight excluding hydrogens is 168 g/mol. The zero-order chi connectivity index (χ0) is 9.10. The van der Waals surface area contributed by atoms with Crippen LogP contribution in [0.25, 0.3) is 0 Å². The molecule has 1 aromatic heterocycles. The Balaban J connectivity index is 2.03. The highest BCUT2D eigenvalue weighted by Gasteiger charge is 2.18. The van der Waals surface area contributed by atoms with E-state index in [0.29, 0.717) is 6.04 Å². The van der Waals surface area contributed by atoms with Crippen molar-refractivity contribution in [1.82, 2.24) is 20.3 Å². The van der Waals surface area contributed by atoms with Gasteiger partial charge in [-0.15, -0.1) is 5.10 Å². The van der Waals surface area contributed by atoms with Crippen LogP contribution in [0.4, 0.5) is 0 Å². The van der Waals surface area contributed by atoms with Crippen LogP contribution in [0.2, 0.25) is 0 Å². The van der Waals surface area contributed by atoms with E-state index in [2.05, 4.69) is 15.6 Å². The van der Waals surface area contributed by atoms with Crippen molar-refractivity contribution in [2.24, 2.45) is 0 Å². The summed E-state index contributed by atoms with van der Waals surface area (Å²) < 4.78 is 7.18. The van der Waals surface area contributed by atoms with Crippen LogP contribution in [0.15, 0.2) is 6.20 Å². The Morgan fingerprint density at radius 1 is 1.77 bits per heavy atom. The van der Waals surface area contributed by atoms with Crippen molar-refractivity contribution in [1.29, 1.82) is 0 Å². The summed E-state index contributed by atoms with van der Waals surface area (Å²) >= 11 is 0. The van der Waals surface area contributed by atoms with Crippen LogP contribution in [-0.2, 0) is 11.3 Å². The first kappa shape index (κ1) is 8.65. The summed E-state index contributed by atoms with van der Waals surface area (Å²) in [6.45, 7) is 2.38. The minimum atomic E-state index is 0.387. The third-order valence-electron chi connectivity index (χ3n) is 2.20. The molecule has 2 rings (SSSR count). The van der Waals surface area contributed by atoms with E-state index >= 15 is 0 Å². The van der Waals surface area contributed by atoms with Crippen molar-refractivity contribution in [3.63, 3.8) is 0 Å². The molecule has 1 unspecified atom stereocenters. The smallest absolute Gasteiger partial charge is 0.0964 e. The maximum Gasteiger partial charge on any atom is 0.0964 e. The van der Waals surface area contributed by atoms with Crippen molar-refractivity contribution in [3.8, 4) is 0 Å². The molecule has 0 aliphatic carbocycles. The molecule has 1 atom stereocenters. The van der Waals surface area contributed by atoms with E-state index in [1.165, 1.54) is 0 Å². The molecule has 1 aliphatic heterocycles. The van der Waals surface area contributed by atoms with E-state index in [4.69, 9.17) is 4.74 Å². The van der Waals surface area contributed by atoms with Crippen molar-refractivity contribution in [2.75, 3.05) is 20.3 Å². The van der Waals surface area contributed by atoms with Gasteiger partial charge in [0.05, 0.1) is 24.5 Å². The van der Waals surface area contributed by atoms with Crippen LogP contribution < -0.4 is 5.32 Å². The van der Waals surface area contributed by atoms with Gasteiger partial charge in [-0.25, -0.2) is 4.68 Å². The molecule has 0 amide bonds. The lowest BCUT2D eigenvalue weighted by atomic mass is 10.3. The zero-order valence-corrected chi connectivity index (χ0v) is 7.73. The van der Waals surface area contributed by atoms with Gasteiger partial charge in [-0.3, -0.25) is 0 Å². The minimum Gasteiger partial charge on any atom is -0.379 e. The molecule has 1 aromatic rings. The maximum absolute atomic E-state index is 5.28. The summed E-state index contributed by atoms with van der Waals surface area (Å²) in [5, 5.41) is 11.1. The summed E-state index contributed by atoms with van der Waals surface area (Å²) in [7, 11) is 1.90. The second kappa shape index (κ2) is 3.85. The number of ether oxygens (including phenoxy) is 1. The molecule has 5 nitrogen and oxygen atoms in total. The lowest BCUT2D eigenvalue weighted by Gasteiger charge is -2.04. The fourth-order valence-corrected chi connectivity index (χ4v) is 1.48. The highest BCUT2D eigenvalue weighted by Crippen LogP contribution is 2.17. The average molecular weight is 182 g/mol.